The van der Waals surface area contributed by atoms with Gasteiger partial charge in [0.1, 0.15) is 6.10 Å². The first kappa shape index (κ1) is 11.2. The highest BCUT2D eigenvalue weighted by molar-refractivity contribution is 5.87. The van der Waals surface area contributed by atoms with Crippen LogP contribution in [0.2, 0.25) is 0 Å². The molecule has 1 rings (SSSR count). The van der Waals surface area contributed by atoms with Crippen LogP contribution in [-0.2, 0) is 9.53 Å². The molecule has 0 amide bonds. The summed E-state index contributed by atoms with van der Waals surface area (Å²) < 4.78 is 4.98. The molecular formula is C13H14O2. The van der Waals surface area contributed by atoms with Crippen LogP contribution in [0, 0.1) is 0 Å². The smallest absolute Gasteiger partial charge is 0.331 e. The molecular weight excluding hydrogens is 188 g/mol. The number of esters is 1. The average Bonchev–Trinajstić information content (AvgIpc) is 2.27. The van der Waals surface area contributed by atoms with Crippen molar-refractivity contribution in [1.29, 1.82) is 0 Å². The molecule has 1 unspecified atom stereocenters. The van der Waals surface area contributed by atoms with Crippen molar-refractivity contribution in [1.82, 2.24) is 0 Å². The van der Waals surface area contributed by atoms with E-state index in [9.17, 15) is 4.79 Å². The van der Waals surface area contributed by atoms with E-state index in [0.717, 1.165) is 5.56 Å². The van der Waals surface area contributed by atoms with Gasteiger partial charge >= 0.3 is 5.97 Å². The fourth-order valence-electron chi connectivity index (χ4n) is 0.999. The first-order valence-corrected chi connectivity index (χ1v) is 4.78. The molecule has 0 aliphatic rings. The first-order valence-electron chi connectivity index (χ1n) is 4.78. The van der Waals surface area contributed by atoms with Crippen LogP contribution < -0.4 is 0 Å². The van der Waals surface area contributed by atoms with Crippen molar-refractivity contribution in [2.75, 3.05) is 0 Å². The van der Waals surface area contributed by atoms with Gasteiger partial charge in [-0.1, -0.05) is 43.0 Å². The van der Waals surface area contributed by atoms with Crippen LogP contribution >= 0.6 is 0 Å². The highest BCUT2D eigenvalue weighted by Gasteiger charge is 2.00. The zero-order valence-corrected chi connectivity index (χ0v) is 8.72. The van der Waals surface area contributed by atoms with Crippen molar-refractivity contribution < 1.29 is 9.53 Å². The van der Waals surface area contributed by atoms with Crippen molar-refractivity contribution in [2.24, 2.45) is 0 Å². The molecule has 1 atom stereocenters. The van der Waals surface area contributed by atoms with Crippen LogP contribution in [0.1, 0.15) is 12.5 Å². The lowest BCUT2D eigenvalue weighted by Gasteiger charge is -2.04. The topological polar surface area (TPSA) is 26.3 Å². The summed E-state index contributed by atoms with van der Waals surface area (Å²) in [6.45, 7) is 5.30. The molecule has 0 aliphatic carbocycles. The second-order valence-electron chi connectivity index (χ2n) is 3.12. The second-order valence-corrected chi connectivity index (χ2v) is 3.12. The third kappa shape index (κ3) is 4.27. The van der Waals surface area contributed by atoms with Crippen LogP contribution in [0.3, 0.4) is 0 Å². The van der Waals surface area contributed by atoms with Gasteiger partial charge in [0.25, 0.3) is 0 Å². The molecule has 2 nitrogen and oxygen atoms in total. The maximum absolute atomic E-state index is 11.2. The zero-order valence-electron chi connectivity index (χ0n) is 8.72. The van der Waals surface area contributed by atoms with E-state index in [-0.39, 0.29) is 12.1 Å². The molecule has 15 heavy (non-hydrogen) atoms. The van der Waals surface area contributed by atoms with E-state index in [1.165, 1.54) is 6.08 Å². The minimum atomic E-state index is -0.355. The molecule has 0 radical (unpaired) electrons. The molecule has 1 aromatic carbocycles. The van der Waals surface area contributed by atoms with Crippen LogP contribution in [0.4, 0.5) is 0 Å². The normalized spacial score (nSPS) is 12.3. The molecule has 2 heteroatoms. The predicted molar refractivity (Wildman–Crippen MR) is 61.2 cm³/mol. The van der Waals surface area contributed by atoms with Crippen molar-refractivity contribution in [3.05, 3.63) is 54.6 Å². The van der Waals surface area contributed by atoms with Gasteiger partial charge in [-0.15, -0.1) is 0 Å². The molecule has 0 bridgehead atoms. The van der Waals surface area contributed by atoms with E-state index in [1.54, 1.807) is 19.1 Å². The lowest BCUT2D eigenvalue weighted by Crippen LogP contribution is -2.09. The monoisotopic (exact) mass is 202 g/mol. The molecule has 0 aliphatic heterocycles. The van der Waals surface area contributed by atoms with Crippen LogP contribution in [0.25, 0.3) is 6.08 Å². The Morgan fingerprint density at radius 1 is 1.40 bits per heavy atom. The molecule has 0 spiro atoms. The van der Waals surface area contributed by atoms with Gasteiger partial charge in [-0.05, 0) is 18.6 Å². The van der Waals surface area contributed by atoms with Gasteiger partial charge in [-0.25, -0.2) is 4.79 Å². The van der Waals surface area contributed by atoms with Gasteiger partial charge in [-0.3, -0.25) is 0 Å². The standard InChI is InChI=1S/C13H14O2/c1-3-11(2)15-13(14)10-9-12-7-5-4-6-8-12/h3-11H,1H2,2H3/b10-9+. The SMILES string of the molecule is C=CC(C)OC(=O)/C=C/c1ccccc1. The number of benzene rings is 1. The summed E-state index contributed by atoms with van der Waals surface area (Å²) in [5.41, 5.74) is 0.973. The number of carbonyl (C=O) groups excluding carboxylic acids is 1. The Bertz CT molecular complexity index is 352. The molecule has 0 saturated heterocycles. The van der Waals surface area contributed by atoms with Gasteiger partial charge in [0, 0.05) is 6.08 Å². The van der Waals surface area contributed by atoms with E-state index in [4.69, 9.17) is 4.74 Å². The van der Waals surface area contributed by atoms with Crippen LogP contribution in [0.15, 0.2) is 49.1 Å². The summed E-state index contributed by atoms with van der Waals surface area (Å²) in [6.07, 6.45) is 4.46. The molecule has 1 aromatic rings. The van der Waals surface area contributed by atoms with Crippen molar-refractivity contribution in [3.8, 4) is 0 Å². The van der Waals surface area contributed by atoms with Gasteiger partial charge < -0.3 is 4.74 Å². The number of rotatable bonds is 4. The van der Waals surface area contributed by atoms with Crippen molar-refractivity contribution >= 4 is 12.0 Å². The Labute approximate surface area is 89.9 Å². The summed E-state index contributed by atoms with van der Waals surface area (Å²) in [6, 6.07) is 9.59. The summed E-state index contributed by atoms with van der Waals surface area (Å²) in [5, 5.41) is 0. The Balaban J connectivity index is 2.51. The van der Waals surface area contributed by atoms with Gasteiger partial charge in [0.2, 0.25) is 0 Å². The number of hydrogen-bond acceptors (Lipinski definition) is 2. The van der Waals surface area contributed by atoms with Crippen LogP contribution in [0.5, 0.6) is 0 Å². The highest BCUT2D eigenvalue weighted by Crippen LogP contribution is 2.02. The van der Waals surface area contributed by atoms with E-state index in [1.807, 2.05) is 30.3 Å². The molecule has 0 N–H and O–H groups in total. The molecule has 0 heterocycles. The predicted octanol–water partition coefficient (Wildman–Crippen LogP) is 2.82. The number of hydrogen-bond donors (Lipinski definition) is 0. The molecule has 0 aromatic heterocycles. The first-order chi connectivity index (χ1) is 7.22. The van der Waals surface area contributed by atoms with Gasteiger partial charge in [0.15, 0.2) is 0 Å². The lowest BCUT2D eigenvalue weighted by atomic mass is 10.2. The number of ether oxygens (including phenoxy) is 1. The zero-order chi connectivity index (χ0) is 11.1. The summed E-state index contributed by atoms with van der Waals surface area (Å²) in [5.74, 6) is -0.355. The van der Waals surface area contributed by atoms with E-state index in [0.29, 0.717) is 0 Å². The van der Waals surface area contributed by atoms with Gasteiger partial charge in [-0.2, -0.15) is 0 Å². The van der Waals surface area contributed by atoms with Crippen LogP contribution in [-0.4, -0.2) is 12.1 Å². The summed E-state index contributed by atoms with van der Waals surface area (Å²) in [7, 11) is 0. The maximum Gasteiger partial charge on any atom is 0.331 e. The fourth-order valence-corrected chi connectivity index (χ4v) is 0.999. The van der Waals surface area contributed by atoms with E-state index < -0.39 is 0 Å². The van der Waals surface area contributed by atoms with Gasteiger partial charge in [0.05, 0.1) is 0 Å². The fraction of sp³-hybridized carbons (Fsp3) is 0.154. The quantitative estimate of drug-likeness (QED) is 0.426. The Morgan fingerprint density at radius 2 is 2.07 bits per heavy atom. The lowest BCUT2D eigenvalue weighted by molar-refractivity contribution is -0.140. The second kappa shape index (κ2) is 5.81. The molecule has 78 valence electrons. The van der Waals surface area contributed by atoms with E-state index in [2.05, 4.69) is 6.58 Å². The maximum atomic E-state index is 11.2. The molecule has 0 saturated carbocycles. The minimum Gasteiger partial charge on any atom is -0.455 e. The summed E-state index contributed by atoms with van der Waals surface area (Å²) >= 11 is 0. The minimum absolute atomic E-state index is 0.252. The highest BCUT2D eigenvalue weighted by atomic mass is 16.5. The summed E-state index contributed by atoms with van der Waals surface area (Å²) in [4.78, 5) is 11.2. The van der Waals surface area contributed by atoms with E-state index >= 15 is 0 Å². The van der Waals surface area contributed by atoms with Crippen molar-refractivity contribution in [3.63, 3.8) is 0 Å². The average molecular weight is 202 g/mol. The largest absolute Gasteiger partial charge is 0.455 e. The Morgan fingerprint density at radius 3 is 2.67 bits per heavy atom. The Kier molecular flexibility index (Phi) is 4.35. The molecule has 0 fully saturated rings. The number of carbonyl (C=O) groups is 1. The van der Waals surface area contributed by atoms with Crippen molar-refractivity contribution in [2.45, 2.75) is 13.0 Å². The third-order valence-electron chi connectivity index (χ3n) is 1.85. The Hall–Kier alpha value is -1.83. The third-order valence-corrected chi connectivity index (χ3v) is 1.85.